The number of esters is 1. The van der Waals surface area contributed by atoms with Crippen molar-refractivity contribution in [2.75, 3.05) is 31.8 Å². The number of hydrogen-bond acceptors (Lipinski definition) is 7. The summed E-state index contributed by atoms with van der Waals surface area (Å²) in [5, 5.41) is 10.7. The molecule has 2 aromatic rings. The maximum Gasteiger partial charge on any atom is 0.311 e. The Hall–Kier alpha value is -3.56. The molecule has 43 heavy (non-hydrogen) atoms. The molecule has 4 heterocycles. The van der Waals surface area contributed by atoms with E-state index >= 15 is 0 Å². The number of thioether (sulfide) groups is 1. The summed E-state index contributed by atoms with van der Waals surface area (Å²) in [6.45, 7) is 2.28. The van der Waals surface area contributed by atoms with Gasteiger partial charge in [0, 0.05) is 17.0 Å². The van der Waals surface area contributed by atoms with Crippen LogP contribution in [0.2, 0.25) is 0 Å². The van der Waals surface area contributed by atoms with E-state index in [1.165, 1.54) is 11.8 Å². The lowest BCUT2D eigenvalue weighted by molar-refractivity contribution is -0.154. The van der Waals surface area contributed by atoms with Crippen molar-refractivity contribution in [1.82, 2.24) is 4.90 Å². The van der Waals surface area contributed by atoms with E-state index in [0.29, 0.717) is 31.0 Å². The number of carbonyl (C=O) groups excluding carboxylic acids is 3. The van der Waals surface area contributed by atoms with Crippen molar-refractivity contribution in [3.05, 3.63) is 84.5 Å². The van der Waals surface area contributed by atoms with Crippen molar-refractivity contribution in [2.24, 2.45) is 11.8 Å². The van der Waals surface area contributed by atoms with Crippen LogP contribution >= 0.6 is 11.8 Å². The summed E-state index contributed by atoms with van der Waals surface area (Å²) in [6, 6.07) is 15.3. The third kappa shape index (κ3) is 5.06. The lowest BCUT2D eigenvalue weighted by Crippen LogP contribution is -2.57. The average Bonchev–Trinajstić information content (AvgIpc) is 3.35. The SMILES string of the molecule is COc1ccc(N2CC=C[C@]34S[C@]5(C)/C=C\CCCCOC(=O)[C@@H]5[C@H]3C(=O)N([C@@H](CO)Cc3ccccc3)C4C2=O)cc1. The zero-order valence-corrected chi connectivity index (χ0v) is 25.4. The van der Waals surface area contributed by atoms with E-state index in [1.807, 2.05) is 61.5 Å². The van der Waals surface area contributed by atoms with Gasteiger partial charge in [-0.1, -0.05) is 54.6 Å². The molecule has 226 valence electrons. The van der Waals surface area contributed by atoms with Crippen LogP contribution in [-0.4, -0.2) is 76.2 Å². The number of amides is 2. The molecule has 4 aliphatic heterocycles. The number of ether oxygens (including phenoxy) is 2. The van der Waals surface area contributed by atoms with Crippen LogP contribution in [0.1, 0.15) is 31.7 Å². The monoisotopic (exact) mass is 602 g/mol. The number of rotatable bonds is 6. The van der Waals surface area contributed by atoms with Crippen LogP contribution in [0, 0.1) is 11.8 Å². The molecule has 0 saturated carbocycles. The topological polar surface area (TPSA) is 96.4 Å². The number of aliphatic hydroxyl groups is 1. The molecule has 0 aliphatic carbocycles. The van der Waals surface area contributed by atoms with Gasteiger partial charge in [-0.25, -0.2) is 0 Å². The predicted molar refractivity (Wildman–Crippen MR) is 166 cm³/mol. The number of allylic oxidation sites excluding steroid dienone is 1. The maximum absolute atomic E-state index is 14.8. The first-order valence-corrected chi connectivity index (χ1v) is 15.8. The van der Waals surface area contributed by atoms with Gasteiger partial charge >= 0.3 is 5.97 Å². The molecule has 0 radical (unpaired) electrons. The summed E-state index contributed by atoms with van der Waals surface area (Å²) in [5.41, 5.74) is 1.63. The summed E-state index contributed by atoms with van der Waals surface area (Å²) in [4.78, 5) is 46.7. The highest BCUT2D eigenvalue weighted by Gasteiger charge is 2.74. The van der Waals surface area contributed by atoms with Gasteiger partial charge in [-0.05, 0) is 62.4 Å². The molecule has 1 spiro atoms. The highest BCUT2D eigenvalue weighted by molar-refractivity contribution is 8.02. The summed E-state index contributed by atoms with van der Waals surface area (Å²) in [6.07, 6.45) is 11.0. The Kier molecular flexibility index (Phi) is 8.13. The van der Waals surface area contributed by atoms with Gasteiger partial charge in [-0.2, -0.15) is 0 Å². The summed E-state index contributed by atoms with van der Waals surface area (Å²) < 4.78 is 9.32. The predicted octanol–water partition coefficient (Wildman–Crippen LogP) is 4.17. The Labute approximate surface area is 256 Å². The van der Waals surface area contributed by atoms with Gasteiger partial charge in [-0.3, -0.25) is 14.4 Å². The number of anilines is 1. The second kappa shape index (κ2) is 11.8. The Morgan fingerprint density at radius 3 is 2.49 bits per heavy atom. The highest BCUT2D eigenvalue weighted by Crippen LogP contribution is 2.65. The van der Waals surface area contributed by atoms with E-state index in [4.69, 9.17) is 9.47 Å². The van der Waals surface area contributed by atoms with Crippen LogP contribution < -0.4 is 9.64 Å². The Morgan fingerprint density at radius 1 is 1.00 bits per heavy atom. The number of hydrogen-bond donors (Lipinski definition) is 1. The molecule has 8 nitrogen and oxygen atoms in total. The summed E-state index contributed by atoms with van der Waals surface area (Å²) in [5.74, 6) is -1.88. The molecule has 4 aliphatic rings. The molecule has 2 aromatic carbocycles. The number of methoxy groups -OCH3 is 1. The third-order valence-electron chi connectivity index (χ3n) is 9.24. The van der Waals surface area contributed by atoms with E-state index in [2.05, 4.69) is 12.2 Å². The summed E-state index contributed by atoms with van der Waals surface area (Å²) in [7, 11) is 1.59. The maximum atomic E-state index is 14.8. The number of cyclic esters (lactones) is 1. The van der Waals surface area contributed by atoms with Gasteiger partial charge in [0.25, 0.3) is 5.91 Å². The molecule has 6 rings (SSSR count). The minimum atomic E-state index is -1.03. The molecule has 0 aromatic heterocycles. The molecular weight excluding hydrogens is 564 g/mol. The van der Waals surface area contributed by atoms with E-state index in [0.717, 1.165) is 24.8 Å². The molecule has 9 heteroatoms. The van der Waals surface area contributed by atoms with Crippen molar-refractivity contribution in [3.63, 3.8) is 0 Å². The van der Waals surface area contributed by atoms with Crippen molar-refractivity contribution < 1.29 is 29.0 Å². The first kappa shape index (κ1) is 29.5. The minimum absolute atomic E-state index is 0.241. The van der Waals surface area contributed by atoms with Crippen LogP contribution in [0.4, 0.5) is 5.69 Å². The Morgan fingerprint density at radius 2 is 1.77 bits per heavy atom. The quantitative estimate of drug-likeness (QED) is 0.392. The van der Waals surface area contributed by atoms with E-state index in [-0.39, 0.29) is 18.4 Å². The average molecular weight is 603 g/mol. The first-order chi connectivity index (χ1) is 20.8. The third-order valence-corrected chi connectivity index (χ3v) is 11.0. The fourth-order valence-electron chi connectivity index (χ4n) is 7.26. The van der Waals surface area contributed by atoms with E-state index in [1.54, 1.807) is 29.0 Å². The van der Waals surface area contributed by atoms with Crippen molar-refractivity contribution in [2.45, 2.75) is 54.2 Å². The number of nitrogens with zero attached hydrogens (tertiary/aromatic N) is 2. The fraction of sp³-hybridized carbons (Fsp3) is 0.441. The zero-order valence-electron chi connectivity index (χ0n) is 24.6. The standard InChI is InChI=1S/C34H38N2O6S/c1-33-17-8-3-4-9-20-42-32(40)28(33)27-30(38)36(25(22-37)21-23-11-6-5-7-12-23)29-31(39)35(19-10-18-34(27,29)43-33)24-13-15-26(41-2)16-14-24/h5-8,10-18,25,27-29,37H,3-4,9,19-22H2,1-2H3/b17-8-/t25-,27+,28+,29?,33-,34+/m1/s1. The van der Waals surface area contributed by atoms with Gasteiger partial charge < -0.3 is 24.4 Å². The van der Waals surface area contributed by atoms with E-state index in [9.17, 15) is 19.5 Å². The minimum Gasteiger partial charge on any atom is -0.497 e. The first-order valence-electron chi connectivity index (χ1n) is 15.0. The number of benzene rings is 2. The van der Waals surface area contributed by atoms with Gasteiger partial charge in [0.05, 0.1) is 42.9 Å². The van der Waals surface area contributed by atoms with Gasteiger partial charge in [0.15, 0.2) is 0 Å². The van der Waals surface area contributed by atoms with Crippen molar-refractivity contribution >= 4 is 35.2 Å². The van der Waals surface area contributed by atoms with Gasteiger partial charge in [-0.15, -0.1) is 11.8 Å². The molecular formula is C34H38N2O6S. The normalized spacial score (nSPS) is 31.9. The number of likely N-dealkylation sites (tertiary alicyclic amines) is 1. The van der Waals surface area contributed by atoms with E-state index < -0.39 is 39.4 Å². The molecule has 2 amide bonds. The molecule has 6 atom stereocenters. The molecule has 1 N–H and O–H groups in total. The fourth-order valence-corrected chi connectivity index (χ4v) is 9.40. The summed E-state index contributed by atoms with van der Waals surface area (Å²) >= 11 is 1.52. The van der Waals surface area contributed by atoms with Crippen LogP contribution in [0.3, 0.4) is 0 Å². The smallest absolute Gasteiger partial charge is 0.311 e. The van der Waals surface area contributed by atoms with Crippen LogP contribution in [0.15, 0.2) is 78.9 Å². The molecule has 2 saturated heterocycles. The van der Waals surface area contributed by atoms with Gasteiger partial charge in [0.2, 0.25) is 5.91 Å². The zero-order chi connectivity index (χ0) is 30.2. The second-order valence-electron chi connectivity index (χ2n) is 11.9. The van der Waals surface area contributed by atoms with Crippen LogP contribution in [-0.2, 0) is 25.5 Å². The van der Waals surface area contributed by atoms with Crippen molar-refractivity contribution in [1.29, 1.82) is 0 Å². The molecule has 2 fully saturated rings. The molecule has 1 unspecified atom stereocenters. The van der Waals surface area contributed by atoms with Crippen LogP contribution in [0.25, 0.3) is 0 Å². The largest absolute Gasteiger partial charge is 0.497 e. The number of aliphatic hydroxyl groups excluding tert-OH is 1. The lowest BCUT2D eigenvalue weighted by Gasteiger charge is -2.40. The van der Waals surface area contributed by atoms with Crippen molar-refractivity contribution in [3.8, 4) is 5.75 Å². The number of fused-ring (bicyclic) bond motifs is 2. The van der Waals surface area contributed by atoms with Crippen LogP contribution in [0.5, 0.6) is 5.75 Å². The highest BCUT2D eigenvalue weighted by atomic mass is 32.2. The lowest BCUT2D eigenvalue weighted by atomic mass is 9.74. The Balaban J connectivity index is 1.49. The van der Waals surface area contributed by atoms with Gasteiger partial charge in [0.1, 0.15) is 11.8 Å². The second-order valence-corrected chi connectivity index (χ2v) is 13.7. The number of carbonyl (C=O) groups is 3. The Bertz CT molecular complexity index is 1430. The molecule has 0 bridgehead atoms.